The van der Waals surface area contributed by atoms with Gasteiger partial charge in [0.15, 0.2) is 0 Å². The van der Waals surface area contributed by atoms with Gasteiger partial charge in [-0.05, 0) is 18.1 Å². The third-order valence-electron chi connectivity index (χ3n) is 1.89. The Morgan fingerprint density at radius 2 is 2.15 bits per heavy atom. The third-order valence-corrected chi connectivity index (χ3v) is 3.35. The van der Waals surface area contributed by atoms with Crippen LogP contribution in [0.5, 0.6) is 0 Å². The molecule has 1 N–H and O–H groups in total. The van der Waals surface area contributed by atoms with E-state index in [2.05, 4.69) is 0 Å². The van der Waals surface area contributed by atoms with Gasteiger partial charge in [0.25, 0.3) is 0 Å². The van der Waals surface area contributed by atoms with Crippen molar-refractivity contribution in [3.8, 4) is 0 Å². The summed E-state index contributed by atoms with van der Waals surface area (Å²) in [6, 6.07) is 7.03. The SMILES string of the molecule is CCC(Cl)c1ccccc1[PH](=O)O. The van der Waals surface area contributed by atoms with Crippen LogP contribution in [0.2, 0.25) is 0 Å². The number of hydrogen-bond acceptors (Lipinski definition) is 1. The molecule has 0 aliphatic carbocycles. The highest BCUT2D eigenvalue weighted by atomic mass is 35.5. The summed E-state index contributed by atoms with van der Waals surface area (Å²) in [4.78, 5) is 9.04. The van der Waals surface area contributed by atoms with Crippen molar-refractivity contribution in [1.29, 1.82) is 0 Å². The zero-order valence-corrected chi connectivity index (χ0v) is 9.08. The predicted octanol–water partition coefficient (Wildman–Crippen LogP) is 2.47. The molecule has 13 heavy (non-hydrogen) atoms. The standard InChI is InChI=1S/C9H12ClO2P/c1-2-8(10)7-5-3-4-6-9(7)13(11)12/h3-6,8,13H,2H2,1H3,(H,11,12). The van der Waals surface area contributed by atoms with Crippen LogP contribution < -0.4 is 5.30 Å². The molecule has 0 fully saturated rings. The second kappa shape index (κ2) is 4.80. The topological polar surface area (TPSA) is 37.3 Å². The lowest BCUT2D eigenvalue weighted by molar-refractivity contribution is 0.513. The van der Waals surface area contributed by atoms with Gasteiger partial charge in [0, 0.05) is 5.30 Å². The van der Waals surface area contributed by atoms with Crippen LogP contribution in [0.4, 0.5) is 0 Å². The second-order valence-corrected chi connectivity index (χ2v) is 4.44. The molecule has 1 aromatic rings. The van der Waals surface area contributed by atoms with Crippen LogP contribution in [-0.2, 0) is 4.57 Å². The van der Waals surface area contributed by atoms with Crippen LogP contribution in [0.15, 0.2) is 24.3 Å². The molecule has 0 saturated carbocycles. The molecule has 0 aliphatic heterocycles. The van der Waals surface area contributed by atoms with Crippen molar-refractivity contribution >= 4 is 24.9 Å². The van der Waals surface area contributed by atoms with E-state index in [9.17, 15) is 4.57 Å². The van der Waals surface area contributed by atoms with Crippen molar-refractivity contribution in [2.24, 2.45) is 0 Å². The Morgan fingerprint density at radius 3 is 2.69 bits per heavy atom. The Morgan fingerprint density at radius 1 is 1.54 bits per heavy atom. The van der Waals surface area contributed by atoms with Gasteiger partial charge in [-0.2, -0.15) is 0 Å². The highest BCUT2D eigenvalue weighted by molar-refractivity contribution is 7.47. The van der Waals surface area contributed by atoms with Crippen molar-refractivity contribution in [1.82, 2.24) is 0 Å². The Bertz CT molecular complexity index is 314. The van der Waals surface area contributed by atoms with Gasteiger partial charge in [0.2, 0.25) is 8.03 Å². The molecule has 0 aliphatic rings. The summed E-state index contributed by atoms with van der Waals surface area (Å²) in [5.41, 5.74) is 0.776. The number of rotatable bonds is 3. The fourth-order valence-corrected chi connectivity index (χ4v) is 2.21. The first-order chi connectivity index (χ1) is 6.16. The highest BCUT2D eigenvalue weighted by Gasteiger charge is 2.12. The van der Waals surface area contributed by atoms with E-state index >= 15 is 0 Å². The van der Waals surface area contributed by atoms with E-state index in [4.69, 9.17) is 16.5 Å². The smallest absolute Gasteiger partial charge is 0.218 e. The van der Waals surface area contributed by atoms with Crippen molar-refractivity contribution in [2.45, 2.75) is 18.7 Å². The quantitative estimate of drug-likeness (QED) is 0.625. The minimum atomic E-state index is -2.63. The molecule has 2 nitrogen and oxygen atoms in total. The molecule has 1 rings (SSSR count). The molecule has 2 unspecified atom stereocenters. The number of alkyl halides is 1. The summed E-state index contributed by atoms with van der Waals surface area (Å²) in [6.07, 6.45) is 0.758. The monoisotopic (exact) mass is 218 g/mol. The molecular weight excluding hydrogens is 207 g/mol. The average molecular weight is 219 g/mol. The van der Waals surface area contributed by atoms with Gasteiger partial charge in [0.1, 0.15) is 0 Å². The largest absolute Gasteiger partial charge is 0.343 e. The van der Waals surface area contributed by atoms with E-state index < -0.39 is 8.03 Å². The van der Waals surface area contributed by atoms with Crippen molar-refractivity contribution < 1.29 is 9.46 Å². The van der Waals surface area contributed by atoms with Gasteiger partial charge in [-0.1, -0.05) is 25.1 Å². The molecule has 0 aromatic heterocycles. The van der Waals surface area contributed by atoms with Crippen molar-refractivity contribution in [3.63, 3.8) is 0 Å². The summed E-state index contributed by atoms with van der Waals surface area (Å²) in [7, 11) is -2.63. The summed E-state index contributed by atoms with van der Waals surface area (Å²) < 4.78 is 11.0. The first-order valence-corrected chi connectivity index (χ1v) is 5.92. The number of halogens is 1. The lowest BCUT2D eigenvalue weighted by atomic mass is 10.1. The van der Waals surface area contributed by atoms with Gasteiger partial charge in [0.05, 0.1) is 5.38 Å². The summed E-state index contributed by atoms with van der Waals surface area (Å²) in [6.45, 7) is 1.95. The lowest BCUT2D eigenvalue weighted by Gasteiger charge is -2.10. The van der Waals surface area contributed by atoms with Gasteiger partial charge in [-0.3, -0.25) is 4.57 Å². The van der Waals surface area contributed by atoms with Gasteiger partial charge < -0.3 is 4.89 Å². The molecule has 2 atom stereocenters. The lowest BCUT2D eigenvalue weighted by Crippen LogP contribution is -2.06. The maximum Gasteiger partial charge on any atom is 0.218 e. The summed E-state index contributed by atoms with van der Waals surface area (Å²) >= 11 is 6.01. The molecule has 0 heterocycles. The Labute approximate surface area is 83.4 Å². The maximum absolute atomic E-state index is 11.0. The van der Waals surface area contributed by atoms with Crippen LogP contribution in [-0.4, -0.2) is 4.89 Å². The normalized spacial score (nSPS) is 15.3. The second-order valence-electron chi connectivity index (χ2n) is 2.77. The average Bonchev–Trinajstić information content (AvgIpc) is 2.16. The van der Waals surface area contributed by atoms with Gasteiger partial charge >= 0.3 is 0 Å². The number of hydrogen-bond donors (Lipinski definition) is 1. The maximum atomic E-state index is 11.0. The summed E-state index contributed by atoms with van der Waals surface area (Å²) in [5, 5.41) is 0.312. The van der Waals surface area contributed by atoms with E-state index in [0.717, 1.165) is 12.0 Å². The highest BCUT2D eigenvalue weighted by Crippen LogP contribution is 2.27. The van der Waals surface area contributed by atoms with E-state index in [1.54, 1.807) is 18.2 Å². The molecule has 0 bridgehead atoms. The molecular formula is C9H12ClO2P. The Hall–Kier alpha value is -0.300. The molecule has 0 radical (unpaired) electrons. The first-order valence-electron chi connectivity index (χ1n) is 4.13. The van der Waals surface area contributed by atoms with E-state index in [1.807, 2.05) is 13.0 Å². The van der Waals surface area contributed by atoms with Crippen LogP contribution >= 0.6 is 19.6 Å². The van der Waals surface area contributed by atoms with Crippen LogP contribution in [0.1, 0.15) is 24.3 Å². The molecule has 72 valence electrons. The Kier molecular flexibility index (Phi) is 3.98. The van der Waals surface area contributed by atoms with Crippen LogP contribution in [0.3, 0.4) is 0 Å². The molecule has 0 spiro atoms. The minimum Gasteiger partial charge on any atom is -0.343 e. The van der Waals surface area contributed by atoms with Gasteiger partial charge in [-0.15, -0.1) is 11.6 Å². The fraction of sp³-hybridized carbons (Fsp3) is 0.333. The molecule has 0 amide bonds. The molecule has 0 saturated heterocycles. The van der Waals surface area contributed by atoms with E-state index in [0.29, 0.717) is 5.30 Å². The Balaban J connectivity index is 3.11. The first kappa shape index (κ1) is 10.8. The summed E-state index contributed by atoms with van der Waals surface area (Å²) in [5.74, 6) is 0. The van der Waals surface area contributed by atoms with E-state index in [1.165, 1.54) is 0 Å². The van der Waals surface area contributed by atoms with Crippen LogP contribution in [0.25, 0.3) is 0 Å². The van der Waals surface area contributed by atoms with E-state index in [-0.39, 0.29) is 5.38 Å². The third kappa shape index (κ3) is 2.57. The van der Waals surface area contributed by atoms with Crippen molar-refractivity contribution in [3.05, 3.63) is 29.8 Å². The predicted molar refractivity (Wildman–Crippen MR) is 56.2 cm³/mol. The van der Waals surface area contributed by atoms with Gasteiger partial charge in [-0.25, -0.2) is 0 Å². The van der Waals surface area contributed by atoms with Crippen LogP contribution in [0, 0.1) is 0 Å². The number of benzene rings is 1. The zero-order chi connectivity index (χ0) is 9.84. The molecule has 4 heteroatoms. The fourth-order valence-electron chi connectivity index (χ4n) is 1.18. The minimum absolute atomic E-state index is 0.169. The molecule has 1 aromatic carbocycles. The zero-order valence-electron chi connectivity index (χ0n) is 7.33. The van der Waals surface area contributed by atoms with Crippen molar-refractivity contribution in [2.75, 3.05) is 0 Å².